The first-order valence-electron chi connectivity index (χ1n) is 7.81. The Labute approximate surface area is 139 Å². The summed E-state index contributed by atoms with van der Waals surface area (Å²) in [6, 6.07) is 9.68. The van der Waals surface area contributed by atoms with Gasteiger partial charge in [0, 0.05) is 25.4 Å². The van der Waals surface area contributed by atoms with Crippen molar-refractivity contribution in [1.29, 1.82) is 0 Å². The predicted molar refractivity (Wildman–Crippen MR) is 88.8 cm³/mol. The van der Waals surface area contributed by atoms with E-state index in [0.29, 0.717) is 19.6 Å². The molecule has 0 radical (unpaired) electrons. The van der Waals surface area contributed by atoms with Crippen LogP contribution in [0.5, 0.6) is 5.75 Å². The monoisotopic (exact) mass is 327 g/mol. The molecule has 0 unspecified atom stereocenters. The zero-order valence-electron chi connectivity index (χ0n) is 13.3. The van der Waals surface area contributed by atoms with Crippen molar-refractivity contribution < 1.29 is 13.9 Å². The zero-order valence-corrected chi connectivity index (χ0v) is 13.3. The van der Waals surface area contributed by atoms with Gasteiger partial charge in [0.05, 0.1) is 17.9 Å². The SMILES string of the molecule is CCOc1cccn2cc(CCNC(=O)c3ccccc3F)nc12. The maximum Gasteiger partial charge on any atom is 0.254 e. The van der Waals surface area contributed by atoms with E-state index in [1.165, 1.54) is 12.1 Å². The average Bonchev–Trinajstić information content (AvgIpc) is 2.99. The van der Waals surface area contributed by atoms with E-state index >= 15 is 0 Å². The number of halogens is 1. The van der Waals surface area contributed by atoms with Crippen LogP contribution in [0.15, 0.2) is 48.8 Å². The van der Waals surface area contributed by atoms with E-state index in [1.807, 2.05) is 35.9 Å². The van der Waals surface area contributed by atoms with Crippen LogP contribution in [0.3, 0.4) is 0 Å². The Kier molecular flexibility index (Phi) is 4.74. The quantitative estimate of drug-likeness (QED) is 0.757. The number of imidazole rings is 1. The number of benzene rings is 1. The summed E-state index contributed by atoms with van der Waals surface area (Å²) in [6.45, 7) is 2.87. The number of nitrogens with zero attached hydrogens (tertiary/aromatic N) is 2. The van der Waals surface area contributed by atoms with Crippen LogP contribution in [0.1, 0.15) is 23.0 Å². The molecule has 0 saturated carbocycles. The van der Waals surface area contributed by atoms with Crippen molar-refractivity contribution in [3.8, 4) is 5.75 Å². The molecule has 3 rings (SSSR count). The van der Waals surface area contributed by atoms with Gasteiger partial charge in [-0.2, -0.15) is 0 Å². The number of hydrogen-bond acceptors (Lipinski definition) is 3. The molecule has 1 N–H and O–H groups in total. The highest BCUT2D eigenvalue weighted by molar-refractivity contribution is 5.94. The van der Waals surface area contributed by atoms with Gasteiger partial charge in [-0.3, -0.25) is 4.79 Å². The van der Waals surface area contributed by atoms with E-state index in [0.717, 1.165) is 17.1 Å². The summed E-state index contributed by atoms with van der Waals surface area (Å²) in [5.74, 6) is -0.224. The molecule has 0 saturated heterocycles. The second-order valence-corrected chi connectivity index (χ2v) is 5.25. The summed E-state index contributed by atoms with van der Waals surface area (Å²) >= 11 is 0. The lowest BCUT2D eigenvalue weighted by Crippen LogP contribution is -2.26. The van der Waals surface area contributed by atoms with Gasteiger partial charge in [-0.05, 0) is 31.2 Å². The summed E-state index contributed by atoms with van der Waals surface area (Å²) in [5, 5.41) is 2.71. The number of amides is 1. The first-order chi connectivity index (χ1) is 11.7. The number of ether oxygens (including phenoxy) is 1. The minimum Gasteiger partial charge on any atom is -0.490 e. The number of aromatic nitrogens is 2. The van der Waals surface area contributed by atoms with Crippen molar-refractivity contribution in [2.45, 2.75) is 13.3 Å². The Balaban J connectivity index is 1.65. The summed E-state index contributed by atoms with van der Waals surface area (Å²) < 4.78 is 21.0. The van der Waals surface area contributed by atoms with Crippen LogP contribution < -0.4 is 10.1 Å². The third kappa shape index (κ3) is 3.37. The highest BCUT2D eigenvalue weighted by Crippen LogP contribution is 2.19. The topological polar surface area (TPSA) is 55.6 Å². The van der Waals surface area contributed by atoms with Gasteiger partial charge >= 0.3 is 0 Å². The molecular weight excluding hydrogens is 309 g/mol. The Hall–Kier alpha value is -2.89. The summed E-state index contributed by atoms with van der Waals surface area (Å²) in [4.78, 5) is 16.5. The molecule has 0 fully saturated rings. The van der Waals surface area contributed by atoms with Gasteiger partial charge in [0.25, 0.3) is 5.91 Å². The van der Waals surface area contributed by atoms with Crippen LogP contribution in [0, 0.1) is 5.82 Å². The minimum atomic E-state index is -0.524. The Morgan fingerprint density at radius 2 is 2.12 bits per heavy atom. The van der Waals surface area contributed by atoms with Crippen molar-refractivity contribution in [2.75, 3.05) is 13.2 Å². The maximum atomic E-state index is 13.6. The lowest BCUT2D eigenvalue weighted by molar-refractivity contribution is 0.0950. The predicted octanol–water partition coefficient (Wildman–Crippen LogP) is 2.84. The van der Waals surface area contributed by atoms with Gasteiger partial charge in [-0.15, -0.1) is 0 Å². The smallest absolute Gasteiger partial charge is 0.254 e. The number of hydrogen-bond donors (Lipinski definition) is 1. The maximum absolute atomic E-state index is 13.6. The fourth-order valence-electron chi connectivity index (χ4n) is 2.47. The molecule has 2 aromatic heterocycles. The Bertz CT molecular complexity index is 860. The fraction of sp³-hybridized carbons (Fsp3) is 0.222. The molecule has 1 amide bonds. The summed E-state index contributed by atoms with van der Waals surface area (Å²) in [7, 11) is 0. The molecule has 6 heteroatoms. The molecule has 0 aliphatic rings. The third-order valence-corrected chi connectivity index (χ3v) is 3.58. The third-order valence-electron chi connectivity index (χ3n) is 3.58. The molecule has 0 spiro atoms. The van der Waals surface area contributed by atoms with Crippen LogP contribution in [0.25, 0.3) is 5.65 Å². The first kappa shape index (κ1) is 16.0. The zero-order chi connectivity index (χ0) is 16.9. The number of rotatable bonds is 6. The Morgan fingerprint density at radius 3 is 2.92 bits per heavy atom. The lowest BCUT2D eigenvalue weighted by Gasteiger charge is -2.04. The molecule has 1 aromatic carbocycles. The second kappa shape index (κ2) is 7.12. The summed E-state index contributed by atoms with van der Waals surface area (Å²) in [5.41, 5.74) is 1.62. The minimum absolute atomic E-state index is 0.0473. The van der Waals surface area contributed by atoms with Crippen LogP contribution in [0.2, 0.25) is 0 Å². The molecule has 0 atom stereocenters. The number of fused-ring (bicyclic) bond motifs is 1. The van der Waals surface area contributed by atoms with Gasteiger partial charge in [-0.25, -0.2) is 9.37 Å². The van der Waals surface area contributed by atoms with Crippen LogP contribution in [-0.2, 0) is 6.42 Å². The van der Waals surface area contributed by atoms with Crippen molar-refractivity contribution in [3.05, 3.63) is 65.9 Å². The molecular formula is C18H18FN3O2. The molecule has 0 aliphatic heterocycles. The molecule has 3 aromatic rings. The van der Waals surface area contributed by atoms with E-state index in [-0.39, 0.29) is 5.56 Å². The van der Waals surface area contributed by atoms with E-state index in [4.69, 9.17) is 4.74 Å². The molecule has 0 bridgehead atoms. The number of pyridine rings is 1. The molecule has 5 nitrogen and oxygen atoms in total. The normalized spacial score (nSPS) is 10.8. The fourth-order valence-corrected chi connectivity index (χ4v) is 2.47. The molecule has 24 heavy (non-hydrogen) atoms. The summed E-state index contributed by atoms with van der Waals surface area (Å²) in [6.07, 6.45) is 4.34. The van der Waals surface area contributed by atoms with Crippen molar-refractivity contribution in [2.24, 2.45) is 0 Å². The molecule has 124 valence electrons. The first-order valence-corrected chi connectivity index (χ1v) is 7.81. The van der Waals surface area contributed by atoms with E-state index < -0.39 is 11.7 Å². The van der Waals surface area contributed by atoms with Crippen LogP contribution >= 0.6 is 0 Å². The van der Waals surface area contributed by atoms with Crippen LogP contribution in [0.4, 0.5) is 4.39 Å². The van der Waals surface area contributed by atoms with Gasteiger partial charge < -0.3 is 14.5 Å². The van der Waals surface area contributed by atoms with E-state index in [9.17, 15) is 9.18 Å². The standard InChI is InChI=1S/C18H18FN3O2/c1-2-24-16-8-5-11-22-12-13(21-17(16)22)9-10-20-18(23)14-6-3-4-7-15(14)19/h3-8,11-12H,2,9-10H2,1H3,(H,20,23). The van der Waals surface area contributed by atoms with Gasteiger partial charge in [0.1, 0.15) is 5.82 Å². The van der Waals surface area contributed by atoms with Crippen molar-refractivity contribution >= 4 is 11.6 Å². The highest BCUT2D eigenvalue weighted by Gasteiger charge is 2.11. The molecule has 2 heterocycles. The van der Waals surface area contributed by atoms with Crippen molar-refractivity contribution in [1.82, 2.24) is 14.7 Å². The second-order valence-electron chi connectivity index (χ2n) is 5.25. The van der Waals surface area contributed by atoms with Crippen LogP contribution in [-0.4, -0.2) is 28.4 Å². The average molecular weight is 327 g/mol. The largest absolute Gasteiger partial charge is 0.490 e. The number of nitrogens with one attached hydrogen (secondary N) is 1. The van der Waals surface area contributed by atoms with Gasteiger partial charge in [0.2, 0.25) is 0 Å². The lowest BCUT2D eigenvalue weighted by atomic mass is 10.2. The van der Waals surface area contributed by atoms with Gasteiger partial charge in [0.15, 0.2) is 11.4 Å². The van der Waals surface area contributed by atoms with E-state index in [2.05, 4.69) is 10.3 Å². The number of carbonyl (C=O) groups excluding carboxylic acids is 1. The van der Waals surface area contributed by atoms with E-state index in [1.54, 1.807) is 12.1 Å². The van der Waals surface area contributed by atoms with Gasteiger partial charge in [-0.1, -0.05) is 12.1 Å². The van der Waals surface area contributed by atoms with Crippen molar-refractivity contribution in [3.63, 3.8) is 0 Å². The highest BCUT2D eigenvalue weighted by atomic mass is 19.1. The Morgan fingerprint density at radius 1 is 1.29 bits per heavy atom. The molecule has 0 aliphatic carbocycles. The number of carbonyl (C=O) groups is 1.